The third-order valence-electron chi connectivity index (χ3n) is 3.44. The fraction of sp³-hybridized carbons (Fsp3) is 0.200. The first-order valence-corrected chi connectivity index (χ1v) is 6.34. The van der Waals surface area contributed by atoms with Crippen molar-refractivity contribution >= 4 is 16.7 Å². The van der Waals surface area contributed by atoms with Gasteiger partial charge in [0.1, 0.15) is 12.2 Å². The molecule has 0 saturated heterocycles. The topological polar surface area (TPSA) is 42.7 Å². The third kappa shape index (κ3) is 2.17. The van der Waals surface area contributed by atoms with Crippen molar-refractivity contribution in [3.05, 3.63) is 53.6 Å². The van der Waals surface area contributed by atoms with Crippen LogP contribution in [0, 0.1) is 13.8 Å². The second-order valence-electron chi connectivity index (χ2n) is 4.66. The average Bonchev–Trinajstić information content (AvgIpc) is 2.84. The van der Waals surface area contributed by atoms with Crippen LogP contribution in [0.15, 0.2) is 42.5 Å². The molecule has 1 aromatic heterocycles. The van der Waals surface area contributed by atoms with Crippen molar-refractivity contribution in [3.63, 3.8) is 0 Å². The number of nitrogens with one attached hydrogen (secondary N) is 1. The molecule has 0 aliphatic rings. The number of nitrogens with zero attached hydrogens (tertiary/aromatic N) is 3. The number of aryl methyl sites for hydroxylation is 1. The molecule has 0 fully saturated rings. The Hall–Kier alpha value is -2.36. The van der Waals surface area contributed by atoms with E-state index >= 15 is 0 Å². The van der Waals surface area contributed by atoms with E-state index in [0.717, 1.165) is 16.7 Å². The molecule has 0 aliphatic heterocycles. The standard InChI is InChI=1S/C15H16N4/c1-11-6-5-8-13(12(11)2)16-10-19-15-9-4-3-7-14(15)17-18-19/h3-9,16H,10H2,1-2H3. The first kappa shape index (κ1) is 11.7. The third-order valence-corrected chi connectivity index (χ3v) is 3.44. The van der Waals surface area contributed by atoms with E-state index in [1.54, 1.807) is 0 Å². The van der Waals surface area contributed by atoms with Gasteiger partial charge in [-0.1, -0.05) is 29.5 Å². The van der Waals surface area contributed by atoms with E-state index in [4.69, 9.17) is 0 Å². The Labute approximate surface area is 112 Å². The Bertz CT molecular complexity index is 715. The van der Waals surface area contributed by atoms with Gasteiger partial charge in [-0.2, -0.15) is 0 Å². The number of anilines is 1. The molecule has 0 radical (unpaired) electrons. The van der Waals surface area contributed by atoms with E-state index in [0.29, 0.717) is 6.67 Å². The van der Waals surface area contributed by atoms with Crippen molar-refractivity contribution in [3.8, 4) is 0 Å². The van der Waals surface area contributed by atoms with Gasteiger partial charge in [-0.25, -0.2) is 4.68 Å². The summed E-state index contributed by atoms with van der Waals surface area (Å²) in [6.07, 6.45) is 0. The highest BCUT2D eigenvalue weighted by atomic mass is 15.4. The zero-order valence-electron chi connectivity index (χ0n) is 11.1. The van der Waals surface area contributed by atoms with Crippen LogP contribution in [-0.4, -0.2) is 15.0 Å². The van der Waals surface area contributed by atoms with Crippen molar-refractivity contribution in [2.45, 2.75) is 20.5 Å². The summed E-state index contributed by atoms with van der Waals surface area (Å²) in [5.74, 6) is 0. The van der Waals surface area contributed by atoms with Gasteiger partial charge < -0.3 is 5.32 Å². The lowest BCUT2D eigenvalue weighted by Crippen LogP contribution is -2.10. The Morgan fingerprint density at radius 1 is 1.05 bits per heavy atom. The maximum absolute atomic E-state index is 4.17. The summed E-state index contributed by atoms with van der Waals surface area (Å²) in [4.78, 5) is 0. The summed E-state index contributed by atoms with van der Waals surface area (Å²) < 4.78 is 1.87. The van der Waals surface area contributed by atoms with Gasteiger partial charge in [0.2, 0.25) is 0 Å². The van der Waals surface area contributed by atoms with E-state index in [-0.39, 0.29) is 0 Å². The van der Waals surface area contributed by atoms with E-state index < -0.39 is 0 Å². The van der Waals surface area contributed by atoms with Crippen LogP contribution in [-0.2, 0) is 6.67 Å². The first-order valence-electron chi connectivity index (χ1n) is 6.34. The van der Waals surface area contributed by atoms with Gasteiger partial charge in [0.25, 0.3) is 0 Å². The fourth-order valence-electron chi connectivity index (χ4n) is 2.14. The molecule has 0 saturated carbocycles. The van der Waals surface area contributed by atoms with Crippen molar-refractivity contribution in [2.24, 2.45) is 0 Å². The van der Waals surface area contributed by atoms with Crippen LogP contribution in [0.3, 0.4) is 0 Å². The smallest absolute Gasteiger partial charge is 0.113 e. The summed E-state index contributed by atoms with van der Waals surface area (Å²) >= 11 is 0. The molecule has 0 bridgehead atoms. The summed E-state index contributed by atoms with van der Waals surface area (Å²) in [5.41, 5.74) is 5.66. The Kier molecular flexibility index (Phi) is 2.91. The van der Waals surface area contributed by atoms with Crippen LogP contribution in [0.1, 0.15) is 11.1 Å². The molecule has 3 rings (SSSR count). The molecule has 0 atom stereocenters. The molecule has 96 valence electrons. The summed E-state index contributed by atoms with van der Waals surface area (Å²) in [5, 5.41) is 11.7. The number of benzene rings is 2. The number of hydrogen-bond acceptors (Lipinski definition) is 3. The van der Waals surface area contributed by atoms with Gasteiger partial charge >= 0.3 is 0 Å². The van der Waals surface area contributed by atoms with Gasteiger partial charge in [-0.15, -0.1) is 5.10 Å². The lowest BCUT2D eigenvalue weighted by atomic mass is 10.1. The number of rotatable bonds is 3. The molecule has 1 N–H and O–H groups in total. The number of aromatic nitrogens is 3. The van der Waals surface area contributed by atoms with E-state index in [2.05, 4.69) is 47.7 Å². The normalized spacial score (nSPS) is 10.8. The number of fused-ring (bicyclic) bond motifs is 1. The Morgan fingerprint density at radius 3 is 2.79 bits per heavy atom. The molecule has 0 aliphatic carbocycles. The second-order valence-corrected chi connectivity index (χ2v) is 4.66. The van der Waals surface area contributed by atoms with Crippen LogP contribution in [0.4, 0.5) is 5.69 Å². The fourth-order valence-corrected chi connectivity index (χ4v) is 2.14. The molecule has 0 unspecified atom stereocenters. The van der Waals surface area contributed by atoms with Gasteiger partial charge in [0, 0.05) is 5.69 Å². The van der Waals surface area contributed by atoms with Gasteiger partial charge in [-0.3, -0.25) is 0 Å². The van der Waals surface area contributed by atoms with Gasteiger partial charge in [0.15, 0.2) is 0 Å². The molecule has 3 aromatic rings. The summed E-state index contributed by atoms with van der Waals surface area (Å²) in [6.45, 7) is 4.85. The van der Waals surface area contributed by atoms with Crippen molar-refractivity contribution in [1.82, 2.24) is 15.0 Å². The van der Waals surface area contributed by atoms with Gasteiger partial charge in [0.05, 0.1) is 5.52 Å². The molecule has 4 nitrogen and oxygen atoms in total. The van der Waals surface area contributed by atoms with Crippen molar-refractivity contribution in [2.75, 3.05) is 5.32 Å². The largest absolute Gasteiger partial charge is 0.366 e. The van der Waals surface area contributed by atoms with Crippen LogP contribution in [0.2, 0.25) is 0 Å². The van der Waals surface area contributed by atoms with Crippen LogP contribution in [0.25, 0.3) is 11.0 Å². The predicted molar refractivity (Wildman–Crippen MR) is 77.1 cm³/mol. The van der Waals surface area contributed by atoms with E-state index in [1.165, 1.54) is 11.1 Å². The summed E-state index contributed by atoms with van der Waals surface area (Å²) in [7, 11) is 0. The van der Waals surface area contributed by atoms with E-state index in [1.807, 2.05) is 28.9 Å². The number of hydrogen-bond donors (Lipinski definition) is 1. The quantitative estimate of drug-likeness (QED) is 0.778. The summed E-state index contributed by atoms with van der Waals surface area (Å²) in [6, 6.07) is 14.2. The highest BCUT2D eigenvalue weighted by Crippen LogP contribution is 2.18. The highest BCUT2D eigenvalue weighted by molar-refractivity contribution is 5.73. The SMILES string of the molecule is Cc1cccc(NCn2nnc3ccccc32)c1C. The highest BCUT2D eigenvalue weighted by Gasteiger charge is 2.04. The minimum Gasteiger partial charge on any atom is -0.366 e. The Morgan fingerprint density at radius 2 is 1.89 bits per heavy atom. The maximum Gasteiger partial charge on any atom is 0.113 e. The molecular formula is C15H16N4. The molecule has 0 amide bonds. The molecular weight excluding hydrogens is 236 g/mol. The molecule has 2 aromatic carbocycles. The molecule has 1 heterocycles. The van der Waals surface area contributed by atoms with E-state index in [9.17, 15) is 0 Å². The molecule has 19 heavy (non-hydrogen) atoms. The predicted octanol–water partition coefficient (Wildman–Crippen LogP) is 3.12. The lowest BCUT2D eigenvalue weighted by molar-refractivity contribution is 0.655. The van der Waals surface area contributed by atoms with Crippen molar-refractivity contribution in [1.29, 1.82) is 0 Å². The molecule has 4 heteroatoms. The lowest BCUT2D eigenvalue weighted by Gasteiger charge is -2.11. The number of para-hydroxylation sites is 1. The maximum atomic E-state index is 4.17. The minimum absolute atomic E-state index is 0.616. The Balaban J connectivity index is 1.84. The zero-order valence-corrected chi connectivity index (χ0v) is 11.1. The van der Waals surface area contributed by atoms with Gasteiger partial charge in [-0.05, 0) is 43.2 Å². The zero-order chi connectivity index (χ0) is 13.2. The van der Waals surface area contributed by atoms with Crippen LogP contribution >= 0.6 is 0 Å². The average molecular weight is 252 g/mol. The minimum atomic E-state index is 0.616. The second kappa shape index (κ2) is 4.72. The monoisotopic (exact) mass is 252 g/mol. The van der Waals surface area contributed by atoms with Crippen LogP contribution < -0.4 is 5.32 Å². The van der Waals surface area contributed by atoms with Crippen molar-refractivity contribution < 1.29 is 0 Å². The van der Waals surface area contributed by atoms with Crippen LogP contribution in [0.5, 0.6) is 0 Å². The molecule has 0 spiro atoms. The first-order chi connectivity index (χ1) is 9.25.